The van der Waals surface area contributed by atoms with Gasteiger partial charge in [0.1, 0.15) is 11.1 Å². The van der Waals surface area contributed by atoms with Gasteiger partial charge >= 0.3 is 0 Å². The molecular formula is C15H27N3OS. The van der Waals surface area contributed by atoms with Gasteiger partial charge < -0.3 is 10.1 Å². The number of rotatable bonds is 5. The molecule has 1 saturated carbocycles. The number of nitrogens with one attached hydrogen (secondary N) is 1. The average Bonchev–Trinajstić information content (AvgIpc) is 2.71. The molecule has 1 heterocycles. The molecular weight excluding hydrogens is 270 g/mol. The van der Waals surface area contributed by atoms with Crippen molar-refractivity contribution in [2.24, 2.45) is 11.3 Å². The maximum absolute atomic E-state index is 6.07. The molecule has 0 aliphatic heterocycles. The molecule has 4 nitrogen and oxygen atoms in total. The lowest BCUT2D eigenvalue weighted by molar-refractivity contribution is 0.0556. The summed E-state index contributed by atoms with van der Waals surface area (Å²) in [6.45, 7) is 12.0. The van der Waals surface area contributed by atoms with Crippen molar-refractivity contribution < 1.29 is 4.74 Å². The number of nitrogens with zero attached hydrogens (tertiary/aromatic N) is 2. The Morgan fingerprint density at radius 3 is 2.75 bits per heavy atom. The molecule has 1 aromatic heterocycles. The van der Waals surface area contributed by atoms with Crippen molar-refractivity contribution >= 4 is 11.3 Å². The van der Waals surface area contributed by atoms with Crippen LogP contribution < -0.4 is 10.1 Å². The van der Waals surface area contributed by atoms with Crippen molar-refractivity contribution in [3.05, 3.63) is 5.01 Å². The zero-order valence-corrected chi connectivity index (χ0v) is 14.1. The van der Waals surface area contributed by atoms with Crippen LogP contribution >= 0.6 is 11.3 Å². The Morgan fingerprint density at radius 1 is 1.35 bits per heavy atom. The van der Waals surface area contributed by atoms with Crippen LogP contribution in [0.3, 0.4) is 0 Å². The molecule has 20 heavy (non-hydrogen) atoms. The molecule has 2 rings (SSSR count). The van der Waals surface area contributed by atoms with E-state index in [1.165, 1.54) is 6.42 Å². The zero-order chi connectivity index (χ0) is 14.8. The molecule has 5 heteroatoms. The van der Waals surface area contributed by atoms with E-state index < -0.39 is 0 Å². The van der Waals surface area contributed by atoms with Gasteiger partial charge in [-0.1, -0.05) is 51.1 Å². The second kappa shape index (κ2) is 6.39. The zero-order valence-electron chi connectivity index (χ0n) is 13.3. The predicted octanol–water partition coefficient (Wildman–Crippen LogP) is 3.63. The second-order valence-electron chi connectivity index (χ2n) is 7.15. The molecule has 0 bridgehead atoms. The van der Waals surface area contributed by atoms with Gasteiger partial charge in [0, 0.05) is 6.04 Å². The fourth-order valence-corrected chi connectivity index (χ4v) is 3.84. The average molecular weight is 297 g/mol. The van der Waals surface area contributed by atoms with Gasteiger partial charge in [-0.05, 0) is 30.6 Å². The van der Waals surface area contributed by atoms with Gasteiger partial charge in [0.05, 0.1) is 6.54 Å². The Morgan fingerprint density at radius 2 is 2.10 bits per heavy atom. The summed E-state index contributed by atoms with van der Waals surface area (Å²) in [7, 11) is 0. The minimum atomic E-state index is 0.285. The quantitative estimate of drug-likeness (QED) is 0.901. The first-order valence-corrected chi connectivity index (χ1v) is 8.38. The second-order valence-corrected chi connectivity index (χ2v) is 8.18. The summed E-state index contributed by atoms with van der Waals surface area (Å²) >= 11 is 1.56. The highest BCUT2D eigenvalue weighted by Gasteiger charge is 2.33. The summed E-state index contributed by atoms with van der Waals surface area (Å²) in [5, 5.41) is 13.4. The van der Waals surface area contributed by atoms with Crippen LogP contribution in [-0.2, 0) is 6.54 Å². The molecule has 0 saturated heterocycles. The molecule has 0 spiro atoms. The van der Waals surface area contributed by atoms with Crippen molar-refractivity contribution in [2.45, 2.75) is 72.6 Å². The summed E-state index contributed by atoms with van der Waals surface area (Å²) < 4.78 is 6.07. The van der Waals surface area contributed by atoms with Crippen LogP contribution in [0.5, 0.6) is 5.19 Å². The summed E-state index contributed by atoms with van der Waals surface area (Å²) in [4.78, 5) is 0. The van der Waals surface area contributed by atoms with Crippen LogP contribution in [0.2, 0.25) is 0 Å². The van der Waals surface area contributed by atoms with Gasteiger partial charge in [0.2, 0.25) is 0 Å². The Hall–Kier alpha value is -0.680. The third-order valence-corrected chi connectivity index (χ3v) is 4.54. The predicted molar refractivity (Wildman–Crippen MR) is 83.1 cm³/mol. The van der Waals surface area contributed by atoms with E-state index >= 15 is 0 Å². The van der Waals surface area contributed by atoms with Crippen LogP contribution in [0.15, 0.2) is 0 Å². The first-order valence-electron chi connectivity index (χ1n) is 7.56. The van der Waals surface area contributed by atoms with Crippen molar-refractivity contribution in [1.29, 1.82) is 0 Å². The highest BCUT2D eigenvalue weighted by Crippen LogP contribution is 2.40. The largest absolute Gasteiger partial charge is 0.466 e. The van der Waals surface area contributed by atoms with Gasteiger partial charge in [-0.3, -0.25) is 0 Å². The van der Waals surface area contributed by atoms with E-state index in [1.807, 2.05) is 0 Å². The maximum atomic E-state index is 6.07. The standard InChI is InChI=1S/C15H27N3OS/c1-10(2)16-9-13-17-18-14(20-13)19-12-6-11(3)7-15(4,5)8-12/h10-12,16H,6-9H2,1-5H3. The fourth-order valence-electron chi connectivity index (χ4n) is 3.14. The Balaban J connectivity index is 1.90. The number of hydrogen-bond acceptors (Lipinski definition) is 5. The summed E-state index contributed by atoms with van der Waals surface area (Å²) in [6.07, 6.45) is 3.80. The highest BCUT2D eigenvalue weighted by molar-refractivity contribution is 7.13. The van der Waals surface area contributed by atoms with Crippen molar-refractivity contribution in [3.63, 3.8) is 0 Å². The molecule has 0 radical (unpaired) electrons. The van der Waals surface area contributed by atoms with E-state index in [2.05, 4.69) is 50.1 Å². The van der Waals surface area contributed by atoms with Crippen molar-refractivity contribution in [3.8, 4) is 5.19 Å². The normalized spacial score (nSPS) is 25.9. The first-order chi connectivity index (χ1) is 9.34. The summed E-state index contributed by atoms with van der Waals surface area (Å²) in [5.74, 6) is 0.721. The Kier molecular flexibility index (Phi) is 5.02. The molecule has 2 unspecified atom stereocenters. The van der Waals surface area contributed by atoms with E-state index in [0.29, 0.717) is 11.5 Å². The van der Waals surface area contributed by atoms with E-state index in [1.54, 1.807) is 11.3 Å². The third-order valence-electron chi connectivity index (χ3n) is 3.72. The minimum absolute atomic E-state index is 0.285. The third kappa shape index (κ3) is 4.70. The minimum Gasteiger partial charge on any atom is -0.466 e. The lowest BCUT2D eigenvalue weighted by Crippen LogP contribution is -2.34. The molecule has 0 amide bonds. The van der Waals surface area contributed by atoms with Crippen LogP contribution in [0.1, 0.15) is 58.9 Å². The SMILES string of the molecule is CC1CC(Oc2nnc(CNC(C)C)s2)CC(C)(C)C1. The Labute approximate surface area is 126 Å². The maximum Gasteiger partial charge on any atom is 0.294 e. The van der Waals surface area contributed by atoms with Gasteiger partial charge in [-0.2, -0.15) is 0 Å². The van der Waals surface area contributed by atoms with E-state index in [4.69, 9.17) is 4.74 Å². The Bertz CT molecular complexity index is 431. The molecule has 1 fully saturated rings. The lowest BCUT2D eigenvalue weighted by Gasteiger charge is -2.38. The molecule has 114 valence electrons. The van der Waals surface area contributed by atoms with Crippen LogP contribution in [0.4, 0.5) is 0 Å². The van der Waals surface area contributed by atoms with Crippen LogP contribution in [0.25, 0.3) is 0 Å². The lowest BCUT2D eigenvalue weighted by atomic mass is 9.71. The van der Waals surface area contributed by atoms with Crippen molar-refractivity contribution in [1.82, 2.24) is 15.5 Å². The number of ether oxygens (including phenoxy) is 1. The summed E-state index contributed by atoms with van der Waals surface area (Å²) in [6, 6.07) is 0.461. The fraction of sp³-hybridized carbons (Fsp3) is 0.867. The molecule has 2 atom stereocenters. The van der Waals surface area contributed by atoms with E-state index in [0.717, 1.165) is 35.5 Å². The highest BCUT2D eigenvalue weighted by atomic mass is 32.1. The van der Waals surface area contributed by atoms with Gasteiger partial charge in [0.15, 0.2) is 0 Å². The number of aromatic nitrogens is 2. The molecule has 0 aromatic carbocycles. The van der Waals surface area contributed by atoms with E-state index in [-0.39, 0.29) is 6.10 Å². The van der Waals surface area contributed by atoms with Gasteiger partial charge in [0.25, 0.3) is 5.19 Å². The van der Waals surface area contributed by atoms with Crippen LogP contribution in [-0.4, -0.2) is 22.3 Å². The first kappa shape index (κ1) is 15.7. The van der Waals surface area contributed by atoms with E-state index in [9.17, 15) is 0 Å². The smallest absolute Gasteiger partial charge is 0.294 e. The molecule has 1 N–H and O–H groups in total. The van der Waals surface area contributed by atoms with Gasteiger partial charge in [-0.15, -0.1) is 5.10 Å². The number of hydrogen-bond donors (Lipinski definition) is 1. The van der Waals surface area contributed by atoms with Crippen LogP contribution in [0, 0.1) is 11.3 Å². The molecule has 1 aliphatic carbocycles. The molecule has 1 aromatic rings. The monoisotopic (exact) mass is 297 g/mol. The molecule has 1 aliphatic rings. The summed E-state index contributed by atoms with van der Waals surface area (Å²) in [5.41, 5.74) is 0.370. The topological polar surface area (TPSA) is 47.0 Å². The van der Waals surface area contributed by atoms with Crippen molar-refractivity contribution in [2.75, 3.05) is 0 Å². The van der Waals surface area contributed by atoms with Gasteiger partial charge in [-0.25, -0.2) is 0 Å².